The summed E-state index contributed by atoms with van der Waals surface area (Å²) in [6.07, 6.45) is 2.84. The number of carbonyl (C=O) groups is 1. The van der Waals surface area contributed by atoms with Gasteiger partial charge in [-0.05, 0) is 36.5 Å². The van der Waals surface area contributed by atoms with Gasteiger partial charge in [0.15, 0.2) is 0 Å². The monoisotopic (exact) mass is 395 g/mol. The van der Waals surface area contributed by atoms with Crippen molar-refractivity contribution in [2.24, 2.45) is 5.41 Å². The van der Waals surface area contributed by atoms with E-state index in [1.807, 2.05) is 6.92 Å². The molecule has 29 heavy (non-hydrogen) atoms. The summed E-state index contributed by atoms with van der Waals surface area (Å²) in [6.45, 7) is 8.69. The van der Waals surface area contributed by atoms with Crippen molar-refractivity contribution in [1.82, 2.24) is 19.7 Å². The van der Waals surface area contributed by atoms with Crippen molar-refractivity contribution < 1.29 is 4.79 Å². The molecule has 0 spiro atoms. The topological polar surface area (TPSA) is 110 Å². The molecule has 0 bridgehead atoms. The number of fused-ring (bicyclic) bond motifs is 1. The van der Waals surface area contributed by atoms with Gasteiger partial charge in [0.05, 0.1) is 22.9 Å². The van der Waals surface area contributed by atoms with E-state index in [-0.39, 0.29) is 22.2 Å². The van der Waals surface area contributed by atoms with E-state index >= 15 is 0 Å². The Labute approximate surface area is 168 Å². The summed E-state index contributed by atoms with van der Waals surface area (Å²) < 4.78 is 1.57. The van der Waals surface area contributed by atoms with Crippen LogP contribution in [0.25, 0.3) is 10.9 Å². The highest BCUT2D eigenvalue weighted by Crippen LogP contribution is 2.21. The summed E-state index contributed by atoms with van der Waals surface area (Å²) in [5.41, 5.74) is 0.961. The lowest BCUT2D eigenvalue weighted by atomic mass is 9.92. The molecular formula is C21H25N5O3. The van der Waals surface area contributed by atoms with Crippen LogP contribution >= 0.6 is 0 Å². The van der Waals surface area contributed by atoms with E-state index in [1.165, 1.54) is 6.07 Å². The molecule has 2 aromatic heterocycles. The molecule has 0 aliphatic heterocycles. The van der Waals surface area contributed by atoms with E-state index in [9.17, 15) is 14.4 Å². The van der Waals surface area contributed by atoms with E-state index in [4.69, 9.17) is 0 Å². The van der Waals surface area contributed by atoms with Gasteiger partial charge in [0.25, 0.3) is 17.0 Å². The zero-order chi connectivity index (χ0) is 21.2. The van der Waals surface area contributed by atoms with Gasteiger partial charge in [0, 0.05) is 12.1 Å². The summed E-state index contributed by atoms with van der Waals surface area (Å²) in [5, 5.41) is 9.22. The molecule has 0 radical (unpaired) electrons. The molecule has 8 nitrogen and oxygen atoms in total. The molecule has 0 saturated carbocycles. The quantitative estimate of drug-likeness (QED) is 0.690. The van der Waals surface area contributed by atoms with Gasteiger partial charge >= 0.3 is 0 Å². The molecule has 0 unspecified atom stereocenters. The molecule has 2 N–H and O–H groups in total. The third-order valence-electron chi connectivity index (χ3n) is 4.70. The molecule has 0 aliphatic carbocycles. The first-order chi connectivity index (χ1) is 13.7. The Morgan fingerprint density at radius 3 is 2.69 bits per heavy atom. The van der Waals surface area contributed by atoms with Crippen molar-refractivity contribution in [3.8, 4) is 0 Å². The van der Waals surface area contributed by atoms with Gasteiger partial charge < -0.3 is 5.32 Å². The van der Waals surface area contributed by atoms with E-state index in [0.717, 1.165) is 6.42 Å². The molecule has 0 aliphatic rings. The van der Waals surface area contributed by atoms with Gasteiger partial charge in [-0.2, -0.15) is 5.10 Å². The lowest BCUT2D eigenvalue weighted by Crippen LogP contribution is -2.25. The highest BCUT2D eigenvalue weighted by Gasteiger charge is 2.16. The van der Waals surface area contributed by atoms with Crippen molar-refractivity contribution in [2.45, 2.75) is 47.1 Å². The Hall–Kier alpha value is -3.29. The second-order valence-electron chi connectivity index (χ2n) is 8.17. The minimum atomic E-state index is -0.507. The van der Waals surface area contributed by atoms with Gasteiger partial charge in [-0.15, -0.1) is 0 Å². The number of amides is 1. The summed E-state index contributed by atoms with van der Waals surface area (Å²) in [5.74, 6) is -0.507. The van der Waals surface area contributed by atoms with Gasteiger partial charge in [0.1, 0.15) is 5.69 Å². The molecule has 0 fully saturated rings. The Balaban J connectivity index is 1.98. The number of carbonyl (C=O) groups excluding carboxylic acids is 1. The van der Waals surface area contributed by atoms with Crippen LogP contribution in [0.15, 0.2) is 40.2 Å². The smallest absolute Gasteiger partial charge is 0.276 e. The van der Waals surface area contributed by atoms with Crippen LogP contribution in [0.3, 0.4) is 0 Å². The second-order valence-corrected chi connectivity index (χ2v) is 8.17. The molecule has 2 heterocycles. The summed E-state index contributed by atoms with van der Waals surface area (Å²) in [6, 6.07) is 6.57. The average Bonchev–Trinajstić information content (AvgIpc) is 2.67. The van der Waals surface area contributed by atoms with Crippen LogP contribution in [-0.4, -0.2) is 25.7 Å². The van der Waals surface area contributed by atoms with E-state index in [1.54, 1.807) is 29.1 Å². The number of nitrogens with zero attached hydrogens (tertiary/aromatic N) is 3. The zero-order valence-corrected chi connectivity index (χ0v) is 17.1. The third kappa shape index (κ3) is 4.59. The molecule has 152 valence electrons. The number of rotatable bonds is 5. The number of aromatic amines is 1. The summed E-state index contributed by atoms with van der Waals surface area (Å²) >= 11 is 0. The Morgan fingerprint density at radius 1 is 1.24 bits per heavy atom. The van der Waals surface area contributed by atoms with Crippen LogP contribution in [0.2, 0.25) is 0 Å². The Kier molecular flexibility index (Phi) is 5.63. The Bertz CT molecular complexity index is 1170. The number of H-pyrrole nitrogens is 1. The molecular weight excluding hydrogens is 370 g/mol. The molecule has 1 amide bonds. The zero-order valence-electron chi connectivity index (χ0n) is 17.1. The van der Waals surface area contributed by atoms with Crippen LogP contribution in [-0.2, 0) is 13.0 Å². The van der Waals surface area contributed by atoms with Gasteiger partial charge in [-0.1, -0.05) is 33.8 Å². The van der Waals surface area contributed by atoms with Crippen LogP contribution in [0.4, 0.5) is 5.69 Å². The molecule has 0 saturated heterocycles. The first-order valence-corrected chi connectivity index (χ1v) is 9.58. The minimum absolute atomic E-state index is 0.0784. The lowest BCUT2D eigenvalue weighted by molar-refractivity contribution is 0.102. The third-order valence-corrected chi connectivity index (χ3v) is 4.70. The number of nitrogens with one attached hydrogen (secondary N) is 2. The van der Waals surface area contributed by atoms with Crippen molar-refractivity contribution in [2.75, 3.05) is 5.32 Å². The molecule has 0 atom stereocenters. The van der Waals surface area contributed by atoms with Crippen LogP contribution in [0.1, 0.15) is 50.2 Å². The maximum atomic E-state index is 13.0. The van der Waals surface area contributed by atoms with Crippen molar-refractivity contribution in [3.63, 3.8) is 0 Å². The largest absolute Gasteiger partial charge is 0.320 e. The summed E-state index contributed by atoms with van der Waals surface area (Å²) in [4.78, 5) is 41.7. The summed E-state index contributed by atoms with van der Waals surface area (Å²) in [7, 11) is 0. The van der Waals surface area contributed by atoms with Gasteiger partial charge in [-0.3, -0.25) is 19.0 Å². The number of aryl methyl sites for hydroxylation is 2. The molecule has 3 aromatic rings. The molecule has 3 rings (SSSR count). The maximum absolute atomic E-state index is 13.0. The number of hydrogen-bond acceptors (Lipinski definition) is 5. The van der Waals surface area contributed by atoms with E-state index in [2.05, 4.69) is 41.3 Å². The predicted molar refractivity (Wildman–Crippen MR) is 112 cm³/mol. The van der Waals surface area contributed by atoms with E-state index in [0.29, 0.717) is 35.1 Å². The highest BCUT2D eigenvalue weighted by molar-refractivity contribution is 6.07. The van der Waals surface area contributed by atoms with Crippen LogP contribution in [0, 0.1) is 5.41 Å². The number of hydrogen-bond donors (Lipinski definition) is 2. The SMILES string of the molecule is CCc1cc(C(=O)Nc2cccc3ncn(CCC(C)(C)C)c(=O)c23)n[nH]c1=O. The van der Waals surface area contributed by atoms with Crippen molar-refractivity contribution >= 4 is 22.5 Å². The minimum Gasteiger partial charge on any atom is -0.320 e. The molecule has 8 heteroatoms. The molecule has 1 aromatic carbocycles. The van der Waals surface area contributed by atoms with Crippen molar-refractivity contribution in [1.29, 1.82) is 0 Å². The fourth-order valence-corrected chi connectivity index (χ4v) is 2.93. The normalized spacial score (nSPS) is 11.6. The fourth-order valence-electron chi connectivity index (χ4n) is 2.93. The highest BCUT2D eigenvalue weighted by atomic mass is 16.2. The first-order valence-electron chi connectivity index (χ1n) is 9.58. The maximum Gasteiger partial charge on any atom is 0.276 e. The van der Waals surface area contributed by atoms with Gasteiger partial charge in [-0.25, -0.2) is 10.1 Å². The predicted octanol–water partition coefficient (Wildman–Crippen LogP) is 2.73. The fraction of sp³-hybridized carbons (Fsp3) is 0.381. The van der Waals surface area contributed by atoms with Gasteiger partial charge in [0.2, 0.25) is 0 Å². The number of aromatic nitrogens is 4. The van der Waals surface area contributed by atoms with Crippen LogP contribution < -0.4 is 16.4 Å². The first kappa shape index (κ1) is 20.4. The standard InChI is InChI=1S/C21H25N5O3/c1-5-13-11-16(24-25-18(13)27)19(28)23-15-8-6-7-14-17(15)20(29)26(12-22-14)10-9-21(2,3)4/h6-8,11-12H,5,9-10H2,1-4H3,(H,23,28)(H,25,27). The second kappa shape index (κ2) is 7.98. The van der Waals surface area contributed by atoms with E-state index < -0.39 is 5.91 Å². The number of anilines is 1. The lowest BCUT2D eigenvalue weighted by Gasteiger charge is -2.18. The Morgan fingerprint density at radius 2 is 2.00 bits per heavy atom. The van der Waals surface area contributed by atoms with Crippen molar-refractivity contribution in [3.05, 3.63) is 62.6 Å². The number of benzene rings is 1. The average molecular weight is 395 g/mol. The van der Waals surface area contributed by atoms with Crippen LogP contribution in [0.5, 0.6) is 0 Å².